The fourth-order valence-corrected chi connectivity index (χ4v) is 1.27. The van der Waals surface area contributed by atoms with E-state index < -0.39 is 17.2 Å². The number of allylic oxidation sites excluding steroid dienone is 2. The highest BCUT2D eigenvalue weighted by Gasteiger charge is 2.35. The highest BCUT2D eigenvalue weighted by atomic mass is 19.4. The van der Waals surface area contributed by atoms with Gasteiger partial charge < -0.3 is 0 Å². The van der Waals surface area contributed by atoms with Crippen LogP contribution in [0, 0.1) is 5.41 Å². The van der Waals surface area contributed by atoms with Crippen LogP contribution in [0.2, 0.25) is 0 Å². The number of hydrogen-bond acceptors (Lipinski definition) is 1. The van der Waals surface area contributed by atoms with Crippen LogP contribution in [0.5, 0.6) is 0 Å². The molecule has 0 aliphatic heterocycles. The minimum Gasteiger partial charge on any atom is -0.265 e. The molecule has 0 aromatic rings. The summed E-state index contributed by atoms with van der Waals surface area (Å²) in [6.45, 7) is 8.26. The monoisotopic (exact) mass is 235 g/mol. The molecule has 0 saturated heterocycles. The molecule has 4 heteroatoms. The zero-order chi connectivity index (χ0) is 13.0. The van der Waals surface area contributed by atoms with Crippen molar-refractivity contribution >= 4 is 6.21 Å². The number of rotatable bonds is 3. The normalized spacial score (nSPS) is 15.5. The first-order valence-corrected chi connectivity index (χ1v) is 5.41. The summed E-state index contributed by atoms with van der Waals surface area (Å²) in [4.78, 5) is 3.99. The molecule has 0 bridgehead atoms. The second-order valence-electron chi connectivity index (χ2n) is 4.82. The third-order valence-corrected chi connectivity index (χ3v) is 2.13. The highest BCUT2D eigenvalue weighted by Crippen LogP contribution is 2.36. The molecule has 0 aromatic heterocycles. The Morgan fingerprint density at radius 2 is 1.69 bits per heavy atom. The lowest BCUT2D eigenvalue weighted by molar-refractivity contribution is -0.0930. The minimum atomic E-state index is -4.30. The molecular formula is C12H20F3N. The number of nitrogens with zero attached hydrogens (tertiary/aromatic N) is 1. The van der Waals surface area contributed by atoms with Gasteiger partial charge in [0.25, 0.3) is 0 Å². The van der Waals surface area contributed by atoms with Crippen molar-refractivity contribution in [1.82, 2.24) is 0 Å². The molecule has 0 aliphatic rings. The molecule has 0 saturated carbocycles. The molecule has 0 N–H and O–H groups in total. The van der Waals surface area contributed by atoms with Crippen molar-refractivity contribution in [2.24, 2.45) is 10.4 Å². The van der Waals surface area contributed by atoms with Gasteiger partial charge in [0, 0.05) is 11.6 Å². The lowest BCUT2D eigenvalue weighted by atomic mass is 9.89. The Hall–Kier alpha value is -0.800. The molecule has 0 heterocycles. The predicted octanol–water partition coefficient (Wildman–Crippen LogP) is 4.74. The third kappa shape index (κ3) is 4.81. The third-order valence-electron chi connectivity index (χ3n) is 2.13. The summed E-state index contributed by atoms with van der Waals surface area (Å²) in [6.07, 6.45) is -1.15. The Balaban J connectivity index is 5.26. The predicted molar refractivity (Wildman–Crippen MR) is 61.6 cm³/mol. The van der Waals surface area contributed by atoms with E-state index in [2.05, 4.69) is 4.99 Å². The Kier molecular flexibility index (Phi) is 5.23. The van der Waals surface area contributed by atoms with E-state index in [0.29, 0.717) is 6.42 Å². The molecule has 0 radical (unpaired) electrons. The molecule has 16 heavy (non-hydrogen) atoms. The maximum atomic E-state index is 12.6. The van der Waals surface area contributed by atoms with Crippen molar-refractivity contribution in [2.75, 3.05) is 0 Å². The zero-order valence-electron chi connectivity index (χ0n) is 10.6. The van der Waals surface area contributed by atoms with Crippen molar-refractivity contribution in [1.29, 1.82) is 0 Å². The van der Waals surface area contributed by atoms with Crippen LogP contribution in [-0.2, 0) is 0 Å². The summed E-state index contributed by atoms with van der Waals surface area (Å²) < 4.78 is 37.8. The second-order valence-corrected chi connectivity index (χ2v) is 4.82. The van der Waals surface area contributed by atoms with Crippen LogP contribution in [0.25, 0.3) is 0 Å². The van der Waals surface area contributed by atoms with E-state index in [-0.39, 0.29) is 5.70 Å². The summed E-state index contributed by atoms with van der Waals surface area (Å²) in [7, 11) is 0. The lowest BCUT2D eigenvalue weighted by Gasteiger charge is -2.23. The maximum absolute atomic E-state index is 12.6. The van der Waals surface area contributed by atoms with Gasteiger partial charge in [-0.2, -0.15) is 13.2 Å². The Morgan fingerprint density at radius 3 is 2.00 bits per heavy atom. The topological polar surface area (TPSA) is 12.4 Å². The molecule has 0 aliphatic carbocycles. The Bertz CT molecular complexity index is 280. The molecule has 0 spiro atoms. The van der Waals surface area contributed by atoms with Crippen LogP contribution in [0.3, 0.4) is 0 Å². The van der Waals surface area contributed by atoms with Gasteiger partial charge in [0.05, 0.1) is 11.3 Å². The molecular weight excluding hydrogens is 215 g/mol. The van der Waals surface area contributed by atoms with Gasteiger partial charge in [0.15, 0.2) is 0 Å². The molecule has 0 unspecified atom stereocenters. The molecule has 0 atom stereocenters. The van der Waals surface area contributed by atoms with Crippen LogP contribution in [0.15, 0.2) is 16.3 Å². The van der Waals surface area contributed by atoms with Crippen molar-refractivity contribution < 1.29 is 13.2 Å². The van der Waals surface area contributed by atoms with Crippen LogP contribution < -0.4 is 0 Å². The largest absolute Gasteiger partial charge is 0.414 e. The van der Waals surface area contributed by atoms with E-state index in [1.807, 2.05) is 6.92 Å². The quantitative estimate of drug-likeness (QED) is 0.626. The first kappa shape index (κ1) is 15.2. The van der Waals surface area contributed by atoms with Crippen molar-refractivity contribution in [3.8, 4) is 0 Å². The molecule has 0 fully saturated rings. The first-order chi connectivity index (χ1) is 7.10. The van der Waals surface area contributed by atoms with Crippen molar-refractivity contribution in [2.45, 2.75) is 53.6 Å². The fraction of sp³-hybridized carbons (Fsp3) is 0.750. The van der Waals surface area contributed by atoms with E-state index in [9.17, 15) is 13.2 Å². The van der Waals surface area contributed by atoms with Gasteiger partial charge in [-0.3, -0.25) is 4.99 Å². The Morgan fingerprint density at radius 1 is 1.19 bits per heavy atom. The van der Waals surface area contributed by atoms with E-state index >= 15 is 0 Å². The summed E-state index contributed by atoms with van der Waals surface area (Å²) >= 11 is 0. The minimum absolute atomic E-state index is 0.119. The molecule has 1 nitrogen and oxygen atoms in total. The second kappa shape index (κ2) is 5.51. The first-order valence-electron chi connectivity index (χ1n) is 5.41. The van der Waals surface area contributed by atoms with Gasteiger partial charge in [-0.25, -0.2) is 0 Å². The smallest absolute Gasteiger partial charge is 0.265 e. The molecule has 94 valence electrons. The van der Waals surface area contributed by atoms with Crippen LogP contribution in [-0.4, -0.2) is 12.4 Å². The van der Waals surface area contributed by atoms with Crippen LogP contribution >= 0.6 is 0 Å². The summed E-state index contributed by atoms with van der Waals surface area (Å²) in [5.41, 5.74) is -1.08. The van der Waals surface area contributed by atoms with E-state index in [1.54, 1.807) is 27.0 Å². The maximum Gasteiger partial charge on any atom is 0.414 e. The van der Waals surface area contributed by atoms with E-state index in [1.165, 1.54) is 0 Å². The van der Waals surface area contributed by atoms with Crippen LogP contribution in [0.4, 0.5) is 13.2 Å². The fourth-order valence-electron chi connectivity index (χ4n) is 1.27. The van der Waals surface area contributed by atoms with Gasteiger partial charge >= 0.3 is 6.18 Å². The zero-order valence-corrected chi connectivity index (χ0v) is 10.6. The van der Waals surface area contributed by atoms with Crippen molar-refractivity contribution in [3.05, 3.63) is 11.3 Å². The van der Waals surface area contributed by atoms with Gasteiger partial charge in [0.2, 0.25) is 0 Å². The standard InChI is InChI=1S/C12H20F3N/c1-6-7-8-16-10(11(3,4)5)9(2)12(13,14)15/h8H,6-7H2,1-5H3/b10-9+,16-8?. The van der Waals surface area contributed by atoms with Gasteiger partial charge in [-0.15, -0.1) is 0 Å². The van der Waals surface area contributed by atoms with Gasteiger partial charge in [-0.05, 0) is 13.3 Å². The SMILES string of the molecule is CCCC=N/C(=C(\C)C(F)(F)F)C(C)(C)C. The van der Waals surface area contributed by atoms with E-state index in [0.717, 1.165) is 13.3 Å². The number of unbranched alkanes of at least 4 members (excludes halogenated alkanes) is 1. The molecule has 0 rings (SSSR count). The Labute approximate surface area is 95.5 Å². The molecule has 0 aromatic carbocycles. The summed E-state index contributed by atoms with van der Waals surface area (Å²) in [5, 5.41) is 0. The average Bonchev–Trinajstić information content (AvgIpc) is 2.08. The van der Waals surface area contributed by atoms with Crippen molar-refractivity contribution in [3.63, 3.8) is 0 Å². The number of halogens is 3. The summed E-state index contributed by atoms with van der Waals surface area (Å²) in [6, 6.07) is 0. The molecule has 0 amide bonds. The average molecular weight is 235 g/mol. The lowest BCUT2D eigenvalue weighted by Crippen LogP contribution is -2.18. The highest BCUT2D eigenvalue weighted by molar-refractivity contribution is 5.59. The summed E-state index contributed by atoms with van der Waals surface area (Å²) in [5.74, 6) is 0. The number of alkyl halides is 3. The van der Waals surface area contributed by atoms with Crippen LogP contribution in [0.1, 0.15) is 47.5 Å². The van der Waals surface area contributed by atoms with Gasteiger partial charge in [-0.1, -0.05) is 34.1 Å². The van der Waals surface area contributed by atoms with Gasteiger partial charge in [0.1, 0.15) is 0 Å². The number of hydrogen-bond donors (Lipinski definition) is 0. The number of aliphatic imine (C=N–C) groups is 1. The van der Waals surface area contributed by atoms with E-state index in [4.69, 9.17) is 0 Å².